The number of para-hydroxylation sites is 1. The van der Waals surface area contributed by atoms with E-state index in [0.717, 1.165) is 23.3 Å². The van der Waals surface area contributed by atoms with Crippen molar-refractivity contribution in [2.45, 2.75) is 19.9 Å². The average Bonchev–Trinajstić information content (AvgIpc) is 2.91. The maximum atomic E-state index is 5.43. The molecule has 0 atom stereocenters. The van der Waals surface area contributed by atoms with Crippen LogP contribution >= 0.6 is 39.5 Å². The molecule has 0 aliphatic heterocycles. The van der Waals surface area contributed by atoms with Gasteiger partial charge in [0.25, 0.3) is 0 Å². The first kappa shape index (κ1) is 13.1. The lowest BCUT2D eigenvalue weighted by Crippen LogP contribution is -2.01. The summed E-state index contributed by atoms with van der Waals surface area (Å²) in [6.45, 7) is 3.04. The van der Waals surface area contributed by atoms with Crippen molar-refractivity contribution in [3.63, 3.8) is 0 Å². The lowest BCUT2D eigenvalue weighted by molar-refractivity contribution is 0.711. The number of fused-ring (bicyclic) bond motifs is 1. The number of benzene rings is 1. The first-order valence-electron chi connectivity index (χ1n) is 6.07. The lowest BCUT2D eigenvalue weighted by Gasteiger charge is -2.05. The number of aromatic nitrogens is 2. The van der Waals surface area contributed by atoms with Crippen molar-refractivity contribution in [3.05, 3.63) is 49.3 Å². The van der Waals surface area contributed by atoms with E-state index in [1.54, 1.807) is 11.3 Å². The summed E-state index contributed by atoms with van der Waals surface area (Å²) in [5, 5.41) is 0. The Morgan fingerprint density at radius 3 is 2.89 bits per heavy atom. The lowest BCUT2D eigenvalue weighted by atomic mass is 10.2. The Morgan fingerprint density at radius 1 is 1.32 bits per heavy atom. The van der Waals surface area contributed by atoms with Gasteiger partial charge < -0.3 is 9.55 Å². The number of hydrogen-bond donors (Lipinski definition) is 1. The van der Waals surface area contributed by atoms with Crippen molar-refractivity contribution in [2.24, 2.45) is 0 Å². The van der Waals surface area contributed by atoms with Crippen LogP contribution < -0.4 is 0 Å². The third-order valence-corrected chi connectivity index (χ3v) is 5.21. The molecule has 19 heavy (non-hydrogen) atoms. The van der Waals surface area contributed by atoms with Crippen molar-refractivity contribution < 1.29 is 0 Å². The molecule has 0 radical (unpaired) electrons. The van der Waals surface area contributed by atoms with Crippen molar-refractivity contribution in [3.8, 4) is 0 Å². The minimum atomic E-state index is 0.805. The van der Waals surface area contributed by atoms with E-state index < -0.39 is 0 Å². The van der Waals surface area contributed by atoms with Crippen LogP contribution in [0.4, 0.5) is 0 Å². The SMILES string of the molecule is Cc1cccc2[nH]c(=S)n(CCc3ccc(Br)s3)c12. The second kappa shape index (κ2) is 5.23. The number of rotatable bonds is 3. The number of aromatic amines is 1. The maximum absolute atomic E-state index is 5.43. The van der Waals surface area contributed by atoms with E-state index in [4.69, 9.17) is 12.2 Å². The van der Waals surface area contributed by atoms with Crippen molar-refractivity contribution >= 4 is 50.5 Å². The van der Waals surface area contributed by atoms with Crippen molar-refractivity contribution in [1.82, 2.24) is 9.55 Å². The Labute approximate surface area is 129 Å². The fraction of sp³-hybridized carbons (Fsp3) is 0.214. The van der Waals surface area contributed by atoms with Gasteiger partial charge in [-0.3, -0.25) is 0 Å². The van der Waals surface area contributed by atoms with E-state index in [2.05, 4.69) is 62.7 Å². The summed E-state index contributed by atoms with van der Waals surface area (Å²) >= 11 is 10.7. The van der Waals surface area contributed by atoms with Gasteiger partial charge in [0, 0.05) is 11.4 Å². The highest BCUT2D eigenvalue weighted by molar-refractivity contribution is 9.11. The molecule has 0 aliphatic carbocycles. The molecule has 3 aromatic rings. The van der Waals surface area contributed by atoms with Gasteiger partial charge >= 0.3 is 0 Å². The number of imidazole rings is 1. The molecule has 0 fully saturated rings. The highest BCUT2D eigenvalue weighted by Crippen LogP contribution is 2.24. The van der Waals surface area contributed by atoms with E-state index in [0.29, 0.717) is 0 Å². The zero-order valence-corrected chi connectivity index (χ0v) is 13.7. The van der Waals surface area contributed by atoms with Crippen LogP contribution in [-0.2, 0) is 13.0 Å². The molecule has 0 saturated heterocycles. The largest absolute Gasteiger partial charge is 0.331 e. The second-order valence-corrected chi connectivity index (χ2v) is 7.44. The normalized spacial score (nSPS) is 11.3. The second-order valence-electron chi connectivity index (χ2n) is 4.51. The summed E-state index contributed by atoms with van der Waals surface area (Å²) in [5.41, 5.74) is 3.61. The van der Waals surface area contributed by atoms with Gasteiger partial charge in [-0.1, -0.05) is 12.1 Å². The van der Waals surface area contributed by atoms with Gasteiger partial charge in [0.15, 0.2) is 4.77 Å². The zero-order chi connectivity index (χ0) is 13.4. The van der Waals surface area contributed by atoms with Crippen LogP contribution in [-0.4, -0.2) is 9.55 Å². The Hall–Kier alpha value is -0.910. The van der Waals surface area contributed by atoms with Crippen LogP contribution in [0.3, 0.4) is 0 Å². The van der Waals surface area contributed by atoms with Gasteiger partial charge in [-0.15, -0.1) is 11.3 Å². The predicted octanol–water partition coefficient (Wildman–Crippen LogP) is 5.07. The summed E-state index contributed by atoms with van der Waals surface area (Å²) in [7, 11) is 0. The summed E-state index contributed by atoms with van der Waals surface area (Å²) in [4.78, 5) is 4.65. The highest BCUT2D eigenvalue weighted by atomic mass is 79.9. The van der Waals surface area contributed by atoms with E-state index >= 15 is 0 Å². The molecule has 2 heterocycles. The molecular formula is C14H13BrN2S2. The summed E-state index contributed by atoms with van der Waals surface area (Å²) in [6, 6.07) is 10.5. The quantitative estimate of drug-likeness (QED) is 0.652. The molecule has 2 aromatic heterocycles. The molecule has 0 bridgehead atoms. The van der Waals surface area contributed by atoms with Crippen LogP contribution in [0.5, 0.6) is 0 Å². The third kappa shape index (κ3) is 2.55. The zero-order valence-electron chi connectivity index (χ0n) is 10.4. The third-order valence-electron chi connectivity index (χ3n) is 3.21. The summed E-state index contributed by atoms with van der Waals surface area (Å²) in [5.74, 6) is 0. The van der Waals surface area contributed by atoms with Gasteiger partial charge in [0.1, 0.15) is 0 Å². The van der Waals surface area contributed by atoms with Crippen LogP contribution in [0, 0.1) is 11.7 Å². The smallest absolute Gasteiger partial charge is 0.178 e. The van der Waals surface area contributed by atoms with Crippen LogP contribution in [0.1, 0.15) is 10.4 Å². The molecule has 1 N–H and O–H groups in total. The molecule has 0 aliphatic rings. The molecule has 1 aromatic carbocycles. The van der Waals surface area contributed by atoms with E-state index in [1.807, 2.05) is 0 Å². The minimum Gasteiger partial charge on any atom is -0.331 e. The first-order chi connectivity index (χ1) is 9.15. The monoisotopic (exact) mass is 352 g/mol. The number of nitrogens with one attached hydrogen (secondary N) is 1. The Balaban J connectivity index is 1.96. The van der Waals surface area contributed by atoms with Gasteiger partial charge in [0.05, 0.1) is 14.8 Å². The van der Waals surface area contributed by atoms with E-state index in [1.165, 1.54) is 19.7 Å². The summed E-state index contributed by atoms with van der Waals surface area (Å²) < 4.78 is 4.19. The Bertz CT molecular complexity index is 782. The van der Waals surface area contributed by atoms with Crippen LogP contribution in [0.15, 0.2) is 34.1 Å². The van der Waals surface area contributed by atoms with Gasteiger partial charge in [-0.05, 0) is 65.3 Å². The molecular weight excluding hydrogens is 340 g/mol. The highest BCUT2D eigenvalue weighted by Gasteiger charge is 2.07. The van der Waals surface area contributed by atoms with Crippen molar-refractivity contribution in [2.75, 3.05) is 0 Å². The van der Waals surface area contributed by atoms with Gasteiger partial charge in [-0.25, -0.2) is 0 Å². The number of hydrogen-bond acceptors (Lipinski definition) is 2. The Morgan fingerprint density at radius 2 is 2.16 bits per heavy atom. The van der Waals surface area contributed by atoms with Crippen molar-refractivity contribution in [1.29, 1.82) is 0 Å². The van der Waals surface area contributed by atoms with E-state index in [9.17, 15) is 0 Å². The molecule has 0 unspecified atom stereocenters. The van der Waals surface area contributed by atoms with Gasteiger partial charge in [-0.2, -0.15) is 0 Å². The van der Waals surface area contributed by atoms with E-state index in [-0.39, 0.29) is 0 Å². The predicted molar refractivity (Wildman–Crippen MR) is 87.6 cm³/mol. The number of aryl methyl sites for hydroxylation is 3. The average molecular weight is 353 g/mol. The topological polar surface area (TPSA) is 20.7 Å². The fourth-order valence-electron chi connectivity index (χ4n) is 2.32. The molecule has 2 nitrogen and oxygen atoms in total. The van der Waals surface area contributed by atoms with Crippen LogP contribution in [0.25, 0.3) is 11.0 Å². The molecule has 3 rings (SSSR count). The fourth-order valence-corrected chi connectivity index (χ4v) is 4.09. The number of halogens is 1. The minimum absolute atomic E-state index is 0.805. The molecule has 98 valence electrons. The maximum Gasteiger partial charge on any atom is 0.178 e. The van der Waals surface area contributed by atoms with Crippen LogP contribution in [0.2, 0.25) is 0 Å². The van der Waals surface area contributed by atoms with Gasteiger partial charge in [0.2, 0.25) is 0 Å². The summed E-state index contributed by atoms with van der Waals surface area (Å²) in [6.07, 6.45) is 1.01. The standard InChI is InChI=1S/C14H13BrN2S2/c1-9-3-2-4-11-13(9)17(14(18)16-11)8-7-10-5-6-12(15)19-10/h2-6H,7-8H2,1H3,(H,16,18). The number of H-pyrrole nitrogens is 1. The number of thiophene rings is 1. The first-order valence-corrected chi connectivity index (χ1v) is 8.09. The molecule has 0 spiro atoms. The molecule has 5 heteroatoms. The number of nitrogens with zero attached hydrogens (tertiary/aromatic N) is 1. The Kier molecular flexibility index (Phi) is 3.60. The molecule has 0 amide bonds. The molecule has 0 saturated carbocycles.